The zero-order valence-electron chi connectivity index (χ0n) is 14.6. The van der Waals surface area contributed by atoms with Crippen molar-refractivity contribution in [2.45, 2.75) is 45.7 Å². The molecule has 2 aliphatic rings. The number of likely N-dealkylation sites (N-methyl/N-ethyl adjacent to an activating group) is 1. The second-order valence-electron chi connectivity index (χ2n) is 6.46. The lowest BCUT2D eigenvalue weighted by atomic mass is 9.95. The number of allylic oxidation sites excluding steroid dienone is 3. The van der Waals surface area contributed by atoms with Gasteiger partial charge in [0.1, 0.15) is 0 Å². The fraction of sp³-hybridized carbons (Fsp3) is 0.429. The van der Waals surface area contributed by atoms with E-state index in [1.807, 2.05) is 0 Å². The number of hydrogen-bond donors (Lipinski definition) is 0. The van der Waals surface area contributed by atoms with Crippen molar-refractivity contribution >= 4 is 0 Å². The molecule has 2 unspecified atom stereocenters. The molecule has 1 aromatic carbocycles. The molecule has 23 heavy (non-hydrogen) atoms. The van der Waals surface area contributed by atoms with Gasteiger partial charge in [-0.25, -0.2) is 0 Å². The molecule has 0 bridgehead atoms. The van der Waals surface area contributed by atoms with E-state index in [1.54, 1.807) is 0 Å². The average Bonchev–Trinajstić information content (AvgIpc) is 3.06. The van der Waals surface area contributed by atoms with Crippen LogP contribution in [0, 0.1) is 0 Å². The molecular weight excluding hydrogens is 280 g/mol. The lowest BCUT2D eigenvalue weighted by molar-refractivity contribution is 0.251. The molecule has 0 N–H and O–H groups in total. The highest BCUT2D eigenvalue weighted by atomic mass is 15.2. The van der Waals surface area contributed by atoms with Gasteiger partial charge in [0.05, 0.1) is 6.04 Å². The molecule has 1 heterocycles. The zero-order valence-corrected chi connectivity index (χ0v) is 14.6. The van der Waals surface area contributed by atoms with Crippen LogP contribution in [0.4, 0.5) is 0 Å². The first-order valence-electron chi connectivity index (χ1n) is 8.87. The highest BCUT2D eigenvalue weighted by Crippen LogP contribution is 2.38. The van der Waals surface area contributed by atoms with Crippen LogP contribution in [-0.2, 0) is 0 Å². The van der Waals surface area contributed by atoms with Gasteiger partial charge in [-0.05, 0) is 56.1 Å². The van der Waals surface area contributed by atoms with E-state index in [1.165, 1.54) is 29.7 Å². The molecule has 0 fully saturated rings. The largest absolute Gasteiger partial charge is 0.341 e. The van der Waals surface area contributed by atoms with Crippen molar-refractivity contribution in [2.24, 2.45) is 0 Å². The summed E-state index contributed by atoms with van der Waals surface area (Å²) in [5, 5.41) is 0. The fourth-order valence-corrected chi connectivity index (χ4v) is 3.88. The number of nitrogens with zero attached hydrogens (tertiary/aromatic N) is 2. The Labute approximate surface area is 140 Å². The average molecular weight is 308 g/mol. The molecule has 0 saturated carbocycles. The fourth-order valence-electron chi connectivity index (χ4n) is 3.88. The molecule has 0 spiro atoms. The van der Waals surface area contributed by atoms with Crippen LogP contribution in [0.3, 0.4) is 0 Å². The van der Waals surface area contributed by atoms with Gasteiger partial charge in [0.25, 0.3) is 0 Å². The van der Waals surface area contributed by atoms with Crippen molar-refractivity contribution in [3.63, 3.8) is 0 Å². The van der Waals surface area contributed by atoms with Gasteiger partial charge >= 0.3 is 0 Å². The summed E-state index contributed by atoms with van der Waals surface area (Å²) >= 11 is 0. The minimum Gasteiger partial charge on any atom is -0.341 e. The maximum atomic E-state index is 2.56. The van der Waals surface area contributed by atoms with Crippen molar-refractivity contribution in [3.8, 4) is 0 Å². The van der Waals surface area contributed by atoms with Gasteiger partial charge in [-0.3, -0.25) is 4.90 Å². The van der Waals surface area contributed by atoms with E-state index in [0.29, 0.717) is 12.1 Å². The minimum absolute atomic E-state index is 0.336. The van der Waals surface area contributed by atoms with Crippen LogP contribution < -0.4 is 0 Å². The first-order valence-corrected chi connectivity index (χ1v) is 8.87. The molecule has 122 valence electrons. The first kappa shape index (κ1) is 16.1. The molecular formula is C21H28N2. The second-order valence-corrected chi connectivity index (χ2v) is 6.46. The van der Waals surface area contributed by atoms with E-state index in [0.717, 1.165) is 13.1 Å². The highest BCUT2D eigenvalue weighted by Gasteiger charge is 2.29. The summed E-state index contributed by atoms with van der Waals surface area (Å²) in [5.41, 5.74) is 4.25. The predicted molar refractivity (Wildman–Crippen MR) is 97.9 cm³/mol. The maximum Gasteiger partial charge on any atom is 0.0796 e. The highest BCUT2D eigenvalue weighted by molar-refractivity contribution is 5.36. The molecule has 0 aromatic heterocycles. The van der Waals surface area contributed by atoms with Gasteiger partial charge in [0, 0.05) is 17.9 Å². The van der Waals surface area contributed by atoms with Crippen LogP contribution in [0.5, 0.6) is 0 Å². The Kier molecular flexibility index (Phi) is 5.02. The Bertz CT molecular complexity index is 608. The standard InChI is InChI=1S/C21H28N2/c1-4-22(5-2)19-13-14-20(16-19)23-15-9-10-17(3)21(23)18-11-7-6-8-12-18/h6-12,15-16,19,21H,4-5,13-14H2,1-3H3. The van der Waals surface area contributed by atoms with Crippen LogP contribution in [0.25, 0.3) is 0 Å². The summed E-state index contributed by atoms with van der Waals surface area (Å²) in [6.45, 7) is 9.01. The third kappa shape index (κ3) is 3.28. The topological polar surface area (TPSA) is 6.48 Å². The van der Waals surface area contributed by atoms with Crippen molar-refractivity contribution in [2.75, 3.05) is 13.1 Å². The molecule has 2 heteroatoms. The van der Waals surface area contributed by atoms with Gasteiger partial charge in [0.2, 0.25) is 0 Å². The lowest BCUT2D eigenvalue weighted by Crippen LogP contribution is -2.32. The molecule has 1 aliphatic carbocycles. The predicted octanol–water partition coefficient (Wildman–Crippen LogP) is 4.89. The Balaban J connectivity index is 1.87. The number of hydrogen-bond acceptors (Lipinski definition) is 2. The maximum absolute atomic E-state index is 2.56. The van der Waals surface area contributed by atoms with E-state index < -0.39 is 0 Å². The van der Waals surface area contributed by atoms with E-state index in [9.17, 15) is 0 Å². The van der Waals surface area contributed by atoms with Crippen LogP contribution in [0.15, 0.2) is 66.0 Å². The third-order valence-electron chi connectivity index (χ3n) is 5.12. The van der Waals surface area contributed by atoms with Gasteiger partial charge in [-0.2, -0.15) is 0 Å². The normalized spacial score (nSPS) is 24.1. The molecule has 0 saturated heterocycles. The van der Waals surface area contributed by atoms with Crippen LogP contribution in [-0.4, -0.2) is 28.9 Å². The zero-order chi connectivity index (χ0) is 16.2. The molecule has 0 radical (unpaired) electrons. The summed E-state index contributed by atoms with van der Waals surface area (Å²) < 4.78 is 0. The minimum atomic E-state index is 0.336. The molecule has 2 nitrogen and oxygen atoms in total. The third-order valence-corrected chi connectivity index (χ3v) is 5.12. The van der Waals surface area contributed by atoms with E-state index in [-0.39, 0.29) is 0 Å². The van der Waals surface area contributed by atoms with E-state index in [4.69, 9.17) is 0 Å². The van der Waals surface area contributed by atoms with Gasteiger partial charge in [-0.1, -0.05) is 50.3 Å². The Hall–Kier alpha value is -1.80. The van der Waals surface area contributed by atoms with Crippen LogP contribution >= 0.6 is 0 Å². The molecule has 0 amide bonds. The van der Waals surface area contributed by atoms with Gasteiger partial charge in [-0.15, -0.1) is 0 Å². The summed E-state index contributed by atoms with van der Waals surface area (Å²) in [6, 6.07) is 11.8. The summed E-state index contributed by atoms with van der Waals surface area (Å²) in [7, 11) is 0. The van der Waals surface area contributed by atoms with Crippen molar-refractivity contribution in [1.29, 1.82) is 0 Å². The van der Waals surface area contributed by atoms with Crippen molar-refractivity contribution in [3.05, 3.63) is 71.6 Å². The van der Waals surface area contributed by atoms with Gasteiger partial charge < -0.3 is 4.90 Å². The molecule has 3 rings (SSSR count). The number of rotatable bonds is 5. The van der Waals surface area contributed by atoms with E-state index >= 15 is 0 Å². The van der Waals surface area contributed by atoms with Gasteiger partial charge in [0.15, 0.2) is 0 Å². The molecule has 2 atom stereocenters. The lowest BCUT2D eigenvalue weighted by Gasteiger charge is -2.35. The van der Waals surface area contributed by atoms with Crippen LogP contribution in [0.2, 0.25) is 0 Å². The van der Waals surface area contributed by atoms with Crippen LogP contribution in [0.1, 0.15) is 45.2 Å². The molecule has 1 aromatic rings. The summed E-state index contributed by atoms with van der Waals surface area (Å²) in [6.07, 6.45) is 11.6. The van der Waals surface area contributed by atoms with E-state index in [2.05, 4.69) is 85.3 Å². The Morgan fingerprint density at radius 2 is 1.87 bits per heavy atom. The van der Waals surface area contributed by atoms with Crippen molar-refractivity contribution < 1.29 is 0 Å². The molecule has 1 aliphatic heterocycles. The quantitative estimate of drug-likeness (QED) is 0.764. The number of benzene rings is 1. The SMILES string of the molecule is CCN(CC)C1C=C(N2C=CC=C(C)C2c2ccccc2)CC1. The smallest absolute Gasteiger partial charge is 0.0796 e. The first-order chi connectivity index (χ1) is 11.2. The van der Waals surface area contributed by atoms with Crippen molar-refractivity contribution in [1.82, 2.24) is 9.80 Å². The monoisotopic (exact) mass is 308 g/mol. The summed E-state index contributed by atoms with van der Waals surface area (Å²) in [4.78, 5) is 5.04. The second kappa shape index (κ2) is 7.18. The summed E-state index contributed by atoms with van der Waals surface area (Å²) in [5.74, 6) is 0. The Morgan fingerprint density at radius 3 is 2.57 bits per heavy atom. The Morgan fingerprint density at radius 1 is 1.13 bits per heavy atom.